The average molecular weight is 556 g/mol. The van der Waals surface area contributed by atoms with E-state index in [2.05, 4.69) is 4.90 Å². The van der Waals surface area contributed by atoms with Gasteiger partial charge in [0.2, 0.25) is 11.2 Å². The van der Waals surface area contributed by atoms with Gasteiger partial charge in [0.1, 0.15) is 24.5 Å². The summed E-state index contributed by atoms with van der Waals surface area (Å²) >= 11 is 0. The van der Waals surface area contributed by atoms with E-state index in [1.54, 1.807) is 17.0 Å². The summed E-state index contributed by atoms with van der Waals surface area (Å²) in [5.74, 6) is -12.6. The smallest absolute Gasteiger partial charge is 0.280 e. The van der Waals surface area contributed by atoms with E-state index in [0.29, 0.717) is 31.7 Å². The fourth-order valence-electron chi connectivity index (χ4n) is 4.70. The zero-order chi connectivity index (χ0) is 28.2. The van der Waals surface area contributed by atoms with Gasteiger partial charge in [-0.05, 0) is 20.0 Å². The predicted octanol–water partition coefficient (Wildman–Crippen LogP) is 3.40. The number of amides is 1. The van der Waals surface area contributed by atoms with Crippen molar-refractivity contribution in [2.45, 2.75) is 19.6 Å². The maximum absolute atomic E-state index is 15.4. The normalized spacial score (nSPS) is 17.4. The highest BCUT2D eigenvalue weighted by atomic mass is 19.2. The number of rotatable bonds is 5. The van der Waals surface area contributed by atoms with Crippen LogP contribution in [-0.2, 0) is 11.4 Å². The largest absolute Gasteiger partial charge is 0.487 e. The number of anilines is 1. The number of benzene rings is 2. The van der Waals surface area contributed by atoms with Crippen molar-refractivity contribution in [2.75, 3.05) is 44.7 Å². The number of carbonyl (C=O) groups excluding carboxylic acids is 1. The Labute approximate surface area is 217 Å². The molecule has 1 aromatic heterocycles. The van der Waals surface area contributed by atoms with E-state index in [9.17, 15) is 31.5 Å². The predicted molar refractivity (Wildman–Crippen MR) is 127 cm³/mol. The zero-order valence-electron chi connectivity index (χ0n) is 20.7. The van der Waals surface area contributed by atoms with Gasteiger partial charge in [0.25, 0.3) is 5.91 Å². The lowest BCUT2D eigenvalue weighted by Gasteiger charge is -2.37. The molecule has 2 aliphatic rings. The molecule has 1 amide bonds. The van der Waals surface area contributed by atoms with Crippen LogP contribution < -0.4 is 20.5 Å². The molecule has 39 heavy (non-hydrogen) atoms. The fourth-order valence-corrected chi connectivity index (χ4v) is 4.70. The molecule has 1 N–H and O–H groups in total. The Morgan fingerprint density at radius 2 is 1.64 bits per heavy atom. The van der Waals surface area contributed by atoms with Gasteiger partial charge in [-0.15, -0.1) is 0 Å². The third kappa shape index (κ3) is 4.46. The number of piperazine rings is 1. The molecular weight excluding hydrogens is 534 g/mol. The van der Waals surface area contributed by atoms with Gasteiger partial charge in [0, 0.05) is 32.4 Å². The van der Waals surface area contributed by atoms with Crippen molar-refractivity contribution in [1.29, 1.82) is 0 Å². The lowest BCUT2D eigenvalue weighted by Crippen LogP contribution is -2.45. The van der Waals surface area contributed by atoms with Gasteiger partial charge in [0.15, 0.2) is 34.8 Å². The van der Waals surface area contributed by atoms with E-state index in [0.717, 1.165) is 6.07 Å². The number of nitrogens with one attached hydrogen (secondary N) is 1. The van der Waals surface area contributed by atoms with Crippen LogP contribution in [0.3, 0.4) is 0 Å². The van der Waals surface area contributed by atoms with Crippen LogP contribution in [0.1, 0.15) is 28.9 Å². The van der Waals surface area contributed by atoms with Crippen molar-refractivity contribution in [1.82, 2.24) is 14.9 Å². The van der Waals surface area contributed by atoms with Crippen LogP contribution in [0, 0.1) is 34.9 Å². The zero-order valence-corrected chi connectivity index (χ0v) is 20.7. The van der Waals surface area contributed by atoms with Crippen LogP contribution in [0.25, 0.3) is 10.9 Å². The number of nitrogens with zero attached hydrogens (tertiary/aromatic N) is 3. The molecule has 0 radical (unpaired) electrons. The molecule has 1 atom stereocenters. The molecule has 2 aromatic carbocycles. The molecule has 0 aliphatic carbocycles. The van der Waals surface area contributed by atoms with Crippen LogP contribution in [0.2, 0.25) is 0 Å². The summed E-state index contributed by atoms with van der Waals surface area (Å²) in [5.41, 5.74) is -0.382. The Kier molecular flexibility index (Phi) is 6.93. The van der Waals surface area contributed by atoms with E-state index < -0.39 is 64.0 Å². The van der Waals surface area contributed by atoms with E-state index in [-0.39, 0.29) is 29.5 Å². The molecule has 0 bridgehead atoms. The van der Waals surface area contributed by atoms with Crippen LogP contribution in [-0.4, -0.2) is 55.2 Å². The second-order valence-electron chi connectivity index (χ2n) is 9.43. The first kappa shape index (κ1) is 26.8. The highest BCUT2D eigenvalue weighted by Gasteiger charge is 2.31. The molecule has 8 nitrogen and oxygen atoms in total. The number of hydrogen-bond donors (Lipinski definition) is 1. The number of likely N-dealkylation sites (N-methyl/N-ethyl adjacent to an activating group) is 1. The Morgan fingerprint density at radius 1 is 1.03 bits per heavy atom. The van der Waals surface area contributed by atoms with Gasteiger partial charge in [-0.2, -0.15) is 0 Å². The minimum Gasteiger partial charge on any atom is -0.487 e. The van der Waals surface area contributed by atoms with Crippen molar-refractivity contribution in [3.05, 3.63) is 68.5 Å². The fraction of sp³-hybridized carbons (Fsp3) is 0.360. The molecule has 0 saturated carbocycles. The molecule has 5 rings (SSSR count). The number of ether oxygens (including phenoxy) is 1. The molecule has 2 aliphatic heterocycles. The molecule has 3 heterocycles. The lowest BCUT2D eigenvalue weighted by molar-refractivity contribution is 0.0206. The van der Waals surface area contributed by atoms with Gasteiger partial charge in [-0.1, -0.05) is 0 Å². The lowest BCUT2D eigenvalue weighted by atomic mass is 10.0. The average Bonchev–Trinajstić information content (AvgIpc) is 2.92. The molecule has 1 fully saturated rings. The van der Waals surface area contributed by atoms with Crippen LogP contribution in [0.5, 0.6) is 5.75 Å². The minimum atomic E-state index is -2.34. The Balaban J connectivity index is 1.47. The summed E-state index contributed by atoms with van der Waals surface area (Å²) in [7, 11) is 1.95. The Hall–Kier alpha value is -3.78. The second-order valence-corrected chi connectivity index (χ2v) is 9.43. The van der Waals surface area contributed by atoms with E-state index in [4.69, 9.17) is 9.57 Å². The first-order chi connectivity index (χ1) is 18.5. The molecule has 0 unspecified atom stereocenters. The maximum Gasteiger partial charge on any atom is 0.280 e. The molecule has 1 saturated heterocycles. The van der Waals surface area contributed by atoms with Crippen molar-refractivity contribution >= 4 is 22.5 Å². The van der Waals surface area contributed by atoms with Gasteiger partial charge in [-0.3, -0.25) is 14.4 Å². The second kappa shape index (κ2) is 10.1. The van der Waals surface area contributed by atoms with Gasteiger partial charge in [-0.25, -0.2) is 31.8 Å². The third-order valence-corrected chi connectivity index (χ3v) is 6.89. The number of aromatic nitrogens is 1. The van der Waals surface area contributed by atoms with Gasteiger partial charge in [0.05, 0.1) is 22.5 Å². The maximum atomic E-state index is 15.4. The van der Waals surface area contributed by atoms with Crippen molar-refractivity contribution in [3.63, 3.8) is 0 Å². The summed E-state index contributed by atoms with van der Waals surface area (Å²) < 4.78 is 90.7. The number of carbonyl (C=O) groups is 1. The van der Waals surface area contributed by atoms with Crippen LogP contribution in [0.15, 0.2) is 17.1 Å². The summed E-state index contributed by atoms with van der Waals surface area (Å²) in [5, 5.41) is -0.139. The summed E-state index contributed by atoms with van der Waals surface area (Å²) in [4.78, 5) is 34.6. The van der Waals surface area contributed by atoms with E-state index in [1.165, 1.54) is 6.20 Å². The highest BCUT2D eigenvalue weighted by Crippen LogP contribution is 2.42. The first-order valence-electron chi connectivity index (χ1n) is 11.9. The quantitative estimate of drug-likeness (QED) is 0.225. The summed E-state index contributed by atoms with van der Waals surface area (Å²) in [6.07, 6.45) is 1.23. The number of hydroxylamine groups is 1. The molecule has 3 aromatic rings. The van der Waals surface area contributed by atoms with E-state index in [1.807, 2.05) is 11.9 Å². The number of halogens is 6. The Bertz CT molecular complexity index is 1530. The van der Waals surface area contributed by atoms with Crippen molar-refractivity contribution < 1.29 is 40.7 Å². The molecular formula is C25H22F6N4O4. The number of hydrogen-bond acceptors (Lipinski definition) is 6. The summed E-state index contributed by atoms with van der Waals surface area (Å²) in [6.45, 7) is 3.12. The molecule has 14 heteroatoms. The number of pyridine rings is 1. The SMILES string of the molecule is C[C@H]1COc2c(N3CCN(C)CC3)c(F)cc3c(=O)c(C(=O)NOCc4c(F)c(F)c(F)c(F)c4F)cn1c23. The van der Waals surface area contributed by atoms with Crippen molar-refractivity contribution in [3.8, 4) is 5.75 Å². The van der Waals surface area contributed by atoms with Crippen LogP contribution >= 0.6 is 0 Å². The molecule has 0 spiro atoms. The molecule has 208 valence electrons. The van der Waals surface area contributed by atoms with Crippen LogP contribution in [0.4, 0.5) is 32.0 Å². The summed E-state index contributed by atoms with van der Waals surface area (Å²) in [6, 6.07) is 0.659. The topological polar surface area (TPSA) is 76.0 Å². The standard InChI is InChI=1S/C25H22F6N4O4/c1-11-9-38-24-21-12(7-15(26)22(24)34-5-3-33(2)4-6-34)23(36)13(8-35(11)21)25(37)32-39-10-14-16(27)18(29)20(31)19(30)17(14)28/h7-8,11H,3-6,9-10H2,1-2H3,(H,32,37)/t11-/m0/s1. The monoisotopic (exact) mass is 556 g/mol. The third-order valence-electron chi connectivity index (χ3n) is 6.89. The van der Waals surface area contributed by atoms with Gasteiger partial charge < -0.3 is 19.1 Å². The minimum absolute atomic E-state index is 0.118. The highest BCUT2D eigenvalue weighted by molar-refractivity contribution is 5.99. The van der Waals surface area contributed by atoms with Gasteiger partial charge >= 0.3 is 0 Å². The Morgan fingerprint density at radius 3 is 2.28 bits per heavy atom. The van der Waals surface area contributed by atoms with Crippen molar-refractivity contribution in [2.24, 2.45) is 0 Å². The first-order valence-corrected chi connectivity index (χ1v) is 11.9. The van der Waals surface area contributed by atoms with E-state index >= 15 is 4.39 Å².